The maximum absolute atomic E-state index is 11.0. The van der Waals surface area contributed by atoms with Gasteiger partial charge in [-0.1, -0.05) is 0 Å². The van der Waals surface area contributed by atoms with Gasteiger partial charge in [-0.05, 0) is 23.8 Å². The van der Waals surface area contributed by atoms with Gasteiger partial charge in [0.25, 0.3) is 0 Å². The number of aliphatic hydroxyl groups excluding tert-OH is 1. The number of hydrogen-bond donors (Lipinski definition) is 3. The predicted molar refractivity (Wildman–Crippen MR) is 46.4 cm³/mol. The van der Waals surface area contributed by atoms with E-state index >= 15 is 0 Å². The van der Waals surface area contributed by atoms with Crippen molar-refractivity contribution < 1.29 is 19.8 Å². The summed E-state index contributed by atoms with van der Waals surface area (Å²) < 4.78 is 0. The normalized spacial score (nSPS) is 24.4. The molecule has 1 heterocycles. The number of aliphatic carboxylic acids is 1. The molecule has 1 aliphatic heterocycles. The Morgan fingerprint density at radius 2 is 2.14 bits per heavy atom. The number of ketones is 1. The number of carbonyl (C=O) groups excluding carboxylic acids is 1. The molecule has 0 aromatic heterocycles. The average Bonchev–Trinajstić information content (AvgIpc) is 2.48. The highest BCUT2D eigenvalue weighted by atomic mass is 16.4. The second-order valence-electron chi connectivity index (χ2n) is 3.05. The molecule has 0 aromatic carbocycles. The van der Waals surface area contributed by atoms with Crippen LogP contribution in [0.25, 0.3) is 0 Å². The van der Waals surface area contributed by atoms with Crippen LogP contribution in [-0.2, 0) is 9.59 Å². The van der Waals surface area contributed by atoms with Crippen LogP contribution in [0.1, 0.15) is 0 Å². The Morgan fingerprint density at radius 1 is 1.43 bits per heavy atom. The summed E-state index contributed by atoms with van der Waals surface area (Å²) in [6.45, 7) is 0. The summed E-state index contributed by atoms with van der Waals surface area (Å²) in [6, 6.07) is -0.404. The fourth-order valence-electron chi connectivity index (χ4n) is 1.41. The molecule has 72 valence electrons. The van der Waals surface area contributed by atoms with Crippen LogP contribution in [0.2, 0.25) is 0 Å². The monoisotopic (exact) mass is 193 g/mol. The first-order valence-electron chi connectivity index (χ1n) is 3.96. The standard InChI is InChI=1S/C9H7NO4/c11-7-2-4-1-6(9(13)14)10-5(4)3-8(7)12/h1-3,5,10,12H,(H,13,14). The van der Waals surface area contributed by atoms with E-state index in [1.165, 1.54) is 18.2 Å². The molecule has 5 heteroatoms. The van der Waals surface area contributed by atoms with Gasteiger partial charge < -0.3 is 15.5 Å². The van der Waals surface area contributed by atoms with Gasteiger partial charge in [0, 0.05) is 0 Å². The summed E-state index contributed by atoms with van der Waals surface area (Å²) in [5.74, 6) is -1.94. The highest BCUT2D eigenvalue weighted by Crippen LogP contribution is 2.22. The van der Waals surface area contributed by atoms with Crippen molar-refractivity contribution in [2.75, 3.05) is 0 Å². The minimum atomic E-state index is -1.08. The molecule has 0 spiro atoms. The number of carboxylic acids is 1. The van der Waals surface area contributed by atoms with E-state index in [4.69, 9.17) is 10.2 Å². The van der Waals surface area contributed by atoms with Gasteiger partial charge in [0.2, 0.25) is 5.78 Å². The molecule has 1 atom stereocenters. The Bertz CT molecular complexity index is 417. The van der Waals surface area contributed by atoms with E-state index in [1.807, 2.05) is 0 Å². The van der Waals surface area contributed by atoms with E-state index < -0.39 is 17.8 Å². The van der Waals surface area contributed by atoms with Crippen molar-refractivity contribution >= 4 is 11.8 Å². The lowest BCUT2D eigenvalue weighted by molar-refractivity contribution is -0.133. The van der Waals surface area contributed by atoms with Crippen LogP contribution in [0.5, 0.6) is 0 Å². The number of fused-ring (bicyclic) bond motifs is 1. The van der Waals surface area contributed by atoms with Crippen molar-refractivity contribution in [1.29, 1.82) is 0 Å². The van der Waals surface area contributed by atoms with E-state index in [0.29, 0.717) is 5.57 Å². The van der Waals surface area contributed by atoms with Gasteiger partial charge in [-0.2, -0.15) is 0 Å². The molecule has 3 N–H and O–H groups in total. The zero-order valence-corrected chi connectivity index (χ0v) is 7.02. The van der Waals surface area contributed by atoms with Crippen LogP contribution < -0.4 is 5.32 Å². The van der Waals surface area contributed by atoms with Gasteiger partial charge in [-0.3, -0.25) is 4.79 Å². The fraction of sp³-hybridized carbons (Fsp3) is 0.111. The van der Waals surface area contributed by atoms with Crippen molar-refractivity contribution in [3.8, 4) is 0 Å². The van der Waals surface area contributed by atoms with Gasteiger partial charge in [0.15, 0.2) is 5.76 Å². The maximum Gasteiger partial charge on any atom is 0.351 e. The molecule has 14 heavy (non-hydrogen) atoms. The first kappa shape index (κ1) is 8.55. The Hall–Kier alpha value is -2.04. The van der Waals surface area contributed by atoms with Gasteiger partial charge >= 0.3 is 5.97 Å². The number of aliphatic hydroxyl groups is 1. The molecular formula is C9H7NO4. The molecule has 0 aromatic rings. The number of carbonyl (C=O) groups is 2. The zero-order chi connectivity index (χ0) is 10.3. The Morgan fingerprint density at radius 3 is 2.79 bits per heavy atom. The molecule has 0 saturated carbocycles. The lowest BCUT2D eigenvalue weighted by Gasteiger charge is -2.13. The van der Waals surface area contributed by atoms with E-state index in [1.54, 1.807) is 0 Å². The lowest BCUT2D eigenvalue weighted by atomic mass is 10.0. The quantitative estimate of drug-likeness (QED) is 0.540. The van der Waals surface area contributed by atoms with E-state index in [-0.39, 0.29) is 11.5 Å². The SMILES string of the molecule is O=C(O)C1=CC2=CC(=O)C(O)=CC2N1. The third-order valence-electron chi connectivity index (χ3n) is 2.09. The summed E-state index contributed by atoms with van der Waals surface area (Å²) >= 11 is 0. The largest absolute Gasteiger partial charge is 0.504 e. The Labute approximate surface area is 79.0 Å². The first-order chi connectivity index (χ1) is 6.58. The number of rotatable bonds is 1. The van der Waals surface area contributed by atoms with Crippen molar-refractivity contribution in [3.63, 3.8) is 0 Å². The molecule has 1 unspecified atom stereocenters. The lowest BCUT2D eigenvalue weighted by Crippen LogP contribution is -2.28. The highest BCUT2D eigenvalue weighted by Gasteiger charge is 2.28. The van der Waals surface area contributed by atoms with Crippen molar-refractivity contribution in [1.82, 2.24) is 5.32 Å². The first-order valence-corrected chi connectivity index (χ1v) is 3.96. The smallest absolute Gasteiger partial charge is 0.351 e. The molecule has 0 amide bonds. The van der Waals surface area contributed by atoms with Crippen LogP contribution in [0.4, 0.5) is 0 Å². The summed E-state index contributed by atoms with van der Waals surface area (Å²) in [7, 11) is 0. The minimum absolute atomic E-state index is 0.0278. The second-order valence-corrected chi connectivity index (χ2v) is 3.05. The average molecular weight is 193 g/mol. The van der Waals surface area contributed by atoms with Crippen molar-refractivity contribution in [3.05, 3.63) is 35.3 Å². The Kier molecular flexibility index (Phi) is 1.67. The number of nitrogens with one attached hydrogen (secondary N) is 1. The molecule has 0 fully saturated rings. The van der Waals surface area contributed by atoms with Gasteiger partial charge in [-0.25, -0.2) is 4.79 Å². The second kappa shape index (κ2) is 2.73. The minimum Gasteiger partial charge on any atom is -0.504 e. The van der Waals surface area contributed by atoms with E-state index in [0.717, 1.165) is 0 Å². The topological polar surface area (TPSA) is 86.6 Å². The van der Waals surface area contributed by atoms with Gasteiger partial charge in [0.1, 0.15) is 5.70 Å². The van der Waals surface area contributed by atoms with Crippen LogP contribution in [-0.4, -0.2) is 28.0 Å². The molecular weight excluding hydrogens is 186 g/mol. The molecule has 0 bridgehead atoms. The van der Waals surface area contributed by atoms with Crippen LogP contribution in [0.15, 0.2) is 35.3 Å². The number of allylic oxidation sites excluding steroid dienone is 1. The predicted octanol–water partition coefficient (Wildman–Crippen LogP) is -0.122. The van der Waals surface area contributed by atoms with Crippen LogP contribution in [0.3, 0.4) is 0 Å². The third-order valence-corrected chi connectivity index (χ3v) is 2.09. The number of carboxylic acid groups (broad SMARTS) is 1. The molecule has 0 saturated heterocycles. The summed E-state index contributed by atoms with van der Waals surface area (Å²) in [4.78, 5) is 21.6. The summed E-state index contributed by atoms with van der Waals surface area (Å²) in [6.07, 6.45) is 3.90. The molecule has 2 rings (SSSR count). The van der Waals surface area contributed by atoms with Gasteiger partial charge in [0.05, 0.1) is 6.04 Å². The number of hydrogen-bond acceptors (Lipinski definition) is 4. The highest BCUT2D eigenvalue weighted by molar-refractivity contribution is 6.05. The van der Waals surface area contributed by atoms with E-state index in [9.17, 15) is 9.59 Å². The van der Waals surface area contributed by atoms with Crippen molar-refractivity contribution in [2.45, 2.75) is 6.04 Å². The van der Waals surface area contributed by atoms with Crippen LogP contribution >= 0.6 is 0 Å². The maximum atomic E-state index is 11.0. The van der Waals surface area contributed by atoms with Crippen LogP contribution in [0, 0.1) is 0 Å². The fourth-order valence-corrected chi connectivity index (χ4v) is 1.41. The summed E-state index contributed by atoms with van der Waals surface area (Å²) in [5.41, 5.74) is 0.588. The third kappa shape index (κ3) is 1.19. The molecule has 1 aliphatic carbocycles. The molecule has 0 radical (unpaired) electrons. The van der Waals surface area contributed by atoms with Crippen molar-refractivity contribution in [2.24, 2.45) is 0 Å². The molecule has 2 aliphatic rings. The molecule has 5 nitrogen and oxygen atoms in total. The zero-order valence-electron chi connectivity index (χ0n) is 7.02. The van der Waals surface area contributed by atoms with E-state index in [2.05, 4.69) is 5.32 Å². The summed E-state index contributed by atoms with van der Waals surface area (Å²) in [5, 5.41) is 20.4. The Balaban J connectivity index is 2.34. The van der Waals surface area contributed by atoms with Gasteiger partial charge in [-0.15, -0.1) is 0 Å².